The fraction of sp³-hybridized carbons (Fsp3) is 0.364. The van der Waals surface area contributed by atoms with E-state index in [0.29, 0.717) is 21.5 Å². The van der Waals surface area contributed by atoms with Gasteiger partial charge in [-0.25, -0.2) is 9.97 Å². The van der Waals surface area contributed by atoms with E-state index in [1.165, 1.54) is 0 Å². The van der Waals surface area contributed by atoms with Crippen LogP contribution in [0, 0.1) is 50.7 Å². The second-order valence-electron chi connectivity index (χ2n) is 8.16. The molecular formula is C22H16N6. The summed E-state index contributed by atoms with van der Waals surface area (Å²) in [6.45, 7) is 6.65. The predicted molar refractivity (Wildman–Crippen MR) is 101 cm³/mol. The van der Waals surface area contributed by atoms with Gasteiger partial charge in [-0.1, -0.05) is 20.8 Å². The minimum absolute atomic E-state index is 0.0129. The third kappa shape index (κ3) is 1.93. The smallest absolute Gasteiger partial charge is 0.139 e. The Morgan fingerprint density at radius 3 is 1.89 bits per heavy atom. The molecule has 0 saturated heterocycles. The van der Waals surface area contributed by atoms with E-state index in [4.69, 9.17) is 9.97 Å². The van der Waals surface area contributed by atoms with E-state index in [-0.39, 0.29) is 27.9 Å². The van der Waals surface area contributed by atoms with Gasteiger partial charge in [0.05, 0.1) is 22.4 Å². The number of nitrogens with zero attached hydrogens (tertiary/aromatic N) is 6. The van der Waals surface area contributed by atoms with E-state index in [0.717, 1.165) is 24.2 Å². The second-order valence-corrected chi connectivity index (χ2v) is 8.16. The summed E-state index contributed by atoms with van der Waals surface area (Å²) in [4.78, 5) is 9.81. The normalized spacial score (nSPS) is 23.2. The minimum Gasteiger partial charge on any atom is -0.248 e. The molecule has 6 heteroatoms. The van der Waals surface area contributed by atoms with Gasteiger partial charge in [0, 0.05) is 21.8 Å². The Morgan fingerprint density at radius 1 is 0.893 bits per heavy atom. The highest BCUT2D eigenvalue weighted by Gasteiger charge is 2.61. The van der Waals surface area contributed by atoms with E-state index in [9.17, 15) is 21.0 Å². The van der Waals surface area contributed by atoms with Gasteiger partial charge in [0.15, 0.2) is 0 Å². The molecule has 6 nitrogen and oxygen atoms in total. The van der Waals surface area contributed by atoms with Crippen LogP contribution in [-0.2, 0) is 5.41 Å². The molecule has 0 spiro atoms. The lowest BCUT2D eigenvalue weighted by Gasteiger charge is -2.34. The molecule has 2 aliphatic rings. The van der Waals surface area contributed by atoms with Crippen molar-refractivity contribution >= 4 is 22.2 Å². The zero-order valence-electron chi connectivity index (χ0n) is 15.8. The van der Waals surface area contributed by atoms with Crippen molar-refractivity contribution < 1.29 is 0 Å². The van der Waals surface area contributed by atoms with E-state index in [1.807, 2.05) is 24.3 Å². The summed E-state index contributed by atoms with van der Waals surface area (Å²) in [7, 11) is 0. The number of aromatic nitrogens is 2. The van der Waals surface area contributed by atoms with Gasteiger partial charge >= 0.3 is 0 Å². The zero-order valence-corrected chi connectivity index (χ0v) is 15.8. The maximum absolute atomic E-state index is 9.37. The summed E-state index contributed by atoms with van der Waals surface area (Å²) >= 11 is 0. The molecule has 28 heavy (non-hydrogen) atoms. The molecule has 0 radical (unpaired) electrons. The first-order valence-corrected chi connectivity index (χ1v) is 9.04. The Hall–Kier alpha value is -3.74. The maximum Gasteiger partial charge on any atom is 0.139 e. The zero-order chi connectivity index (χ0) is 20.3. The Bertz CT molecular complexity index is 1320. The molecule has 2 bridgehead atoms. The van der Waals surface area contributed by atoms with Crippen molar-refractivity contribution in [3.05, 3.63) is 34.0 Å². The van der Waals surface area contributed by atoms with Crippen LogP contribution in [0.15, 0.2) is 12.1 Å². The average Bonchev–Trinajstić information content (AvgIpc) is 3.02. The van der Waals surface area contributed by atoms with Crippen LogP contribution >= 0.6 is 0 Å². The summed E-state index contributed by atoms with van der Waals surface area (Å²) in [5.41, 5.74) is 2.36. The second kappa shape index (κ2) is 5.63. The molecule has 1 fully saturated rings. The highest BCUT2D eigenvalue weighted by Crippen LogP contribution is 2.66. The Kier molecular flexibility index (Phi) is 3.55. The number of rotatable bonds is 0. The van der Waals surface area contributed by atoms with Crippen molar-refractivity contribution in [2.75, 3.05) is 0 Å². The van der Waals surface area contributed by atoms with Gasteiger partial charge < -0.3 is 0 Å². The monoisotopic (exact) mass is 364 g/mol. The van der Waals surface area contributed by atoms with E-state index < -0.39 is 0 Å². The first-order valence-electron chi connectivity index (χ1n) is 9.04. The summed E-state index contributed by atoms with van der Waals surface area (Å²) < 4.78 is 0. The highest BCUT2D eigenvalue weighted by molar-refractivity contribution is 5.88. The summed E-state index contributed by atoms with van der Waals surface area (Å²) in [5.74, 6) is 0.254. The molecule has 0 aliphatic heterocycles. The summed E-state index contributed by atoms with van der Waals surface area (Å²) in [6, 6.07) is 10.8. The van der Waals surface area contributed by atoms with Crippen LogP contribution in [0.4, 0.5) is 0 Å². The molecule has 1 aromatic heterocycles. The number of hydrogen-bond donors (Lipinski definition) is 0. The lowest BCUT2D eigenvalue weighted by molar-refractivity contribution is 0.227. The van der Waals surface area contributed by atoms with Crippen molar-refractivity contribution in [1.82, 2.24) is 9.97 Å². The first kappa shape index (κ1) is 17.7. The minimum atomic E-state index is -0.141. The van der Waals surface area contributed by atoms with Gasteiger partial charge in [-0.15, -0.1) is 0 Å². The third-order valence-electron chi connectivity index (χ3n) is 6.91. The van der Waals surface area contributed by atoms with Crippen molar-refractivity contribution in [2.24, 2.45) is 5.41 Å². The average molecular weight is 364 g/mol. The molecule has 0 unspecified atom stereocenters. The van der Waals surface area contributed by atoms with Crippen molar-refractivity contribution in [2.45, 2.75) is 44.9 Å². The number of benzene rings is 1. The first-order chi connectivity index (χ1) is 13.3. The topological polar surface area (TPSA) is 121 Å². The molecule has 2 atom stereocenters. The molecule has 2 aliphatic carbocycles. The largest absolute Gasteiger partial charge is 0.248 e. The van der Waals surface area contributed by atoms with Crippen LogP contribution in [0.25, 0.3) is 22.2 Å². The summed E-state index contributed by atoms with van der Waals surface area (Å²) in [5, 5.41) is 38.3. The van der Waals surface area contributed by atoms with Crippen LogP contribution in [-0.4, -0.2) is 9.97 Å². The Labute approximate surface area is 162 Å². The third-order valence-corrected chi connectivity index (χ3v) is 6.91. The van der Waals surface area contributed by atoms with Crippen LogP contribution in [0.2, 0.25) is 0 Å². The molecule has 1 heterocycles. The predicted octanol–water partition coefficient (Wildman–Crippen LogP) is 2.20. The highest BCUT2D eigenvalue weighted by atomic mass is 14.9. The van der Waals surface area contributed by atoms with Crippen LogP contribution in [0.3, 0.4) is 0 Å². The number of fused-ring (bicyclic) bond motifs is 6. The Balaban J connectivity index is 2.28. The molecule has 134 valence electrons. The van der Waals surface area contributed by atoms with Gasteiger partial charge in [0.25, 0.3) is 0 Å². The van der Waals surface area contributed by atoms with Gasteiger partial charge in [0.1, 0.15) is 35.4 Å². The van der Waals surface area contributed by atoms with Crippen LogP contribution in [0.1, 0.15) is 50.9 Å². The number of nitriles is 4. The lowest BCUT2D eigenvalue weighted by Crippen LogP contribution is -2.32. The standard InChI is InChI=1S/C22H16N6/c1-21(2)16-6-7-22(21,3)20-19(16)27-17-14(12(8-23)9-24)4-5-15(18(17)28-20)13(10-25)11-26/h4-5,16H,6-7H2,1-3H3/t16-,22+/m1/s1. The molecule has 4 rings (SSSR count). The quantitative estimate of drug-likeness (QED) is 0.706. The molecule has 1 saturated carbocycles. The fourth-order valence-corrected chi connectivity index (χ4v) is 4.89. The van der Waals surface area contributed by atoms with Gasteiger partial charge in [-0.2, -0.15) is 21.0 Å². The van der Waals surface area contributed by atoms with Gasteiger partial charge in [-0.05, 0) is 30.4 Å². The Morgan fingerprint density at radius 2 is 1.39 bits per heavy atom. The van der Waals surface area contributed by atoms with Crippen LogP contribution < -0.4 is 10.4 Å². The maximum atomic E-state index is 9.37. The summed E-state index contributed by atoms with van der Waals surface area (Å²) in [6.07, 6.45) is 2.03. The molecule has 2 aromatic rings. The van der Waals surface area contributed by atoms with E-state index >= 15 is 0 Å². The molecule has 0 amide bonds. The van der Waals surface area contributed by atoms with Crippen molar-refractivity contribution in [1.29, 1.82) is 21.0 Å². The van der Waals surface area contributed by atoms with Crippen molar-refractivity contribution in [3.8, 4) is 24.3 Å². The lowest BCUT2D eigenvalue weighted by atomic mass is 9.70. The molecular weight excluding hydrogens is 348 g/mol. The van der Waals surface area contributed by atoms with Gasteiger partial charge in [-0.3, -0.25) is 0 Å². The molecule has 0 N–H and O–H groups in total. The van der Waals surface area contributed by atoms with E-state index in [1.54, 1.807) is 12.1 Å². The van der Waals surface area contributed by atoms with Crippen LogP contribution in [0.5, 0.6) is 0 Å². The van der Waals surface area contributed by atoms with Crippen molar-refractivity contribution in [3.63, 3.8) is 0 Å². The molecule has 1 aromatic carbocycles. The van der Waals surface area contributed by atoms with Gasteiger partial charge in [0.2, 0.25) is 0 Å². The number of hydrogen-bond acceptors (Lipinski definition) is 6. The van der Waals surface area contributed by atoms with E-state index in [2.05, 4.69) is 20.8 Å². The SMILES string of the molecule is CC1(C)[C@@H]2CC[C@@]1(C)c1nc3c(=C(C#N)C#N)ccc(=C(C#N)C#N)c3nc12. The fourth-order valence-electron chi connectivity index (χ4n) is 4.89.